The van der Waals surface area contributed by atoms with Crippen LogP contribution in [0.4, 0.5) is 5.69 Å². The Hall–Kier alpha value is -2.63. The second-order valence-electron chi connectivity index (χ2n) is 5.58. The Morgan fingerprint density at radius 3 is 2.60 bits per heavy atom. The number of nitrogens with one attached hydrogen (secondary N) is 1. The number of benzene rings is 2. The second-order valence-corrected chi connectivity index (χ2v) is 6.40. The number of anilines is 1. The van der Waals surface area contributed by atoms with Crippen molar-refractivity contribution in [3.05, 3.63) is 64.2 Å². The molecule has 1 aromatic carbocycles. The minimum Gasteiger partial charge on any atom is -0.456 e. The zero-order chi connectivity index (χ0) is 17.6. The predicted molar refractivity (Wildman–Crippen MR) is 97.6 cm³/mol. The van der Waals surface area contributed by atoms with Crippen molar-refractivity contribution >= 4 is 46.0 Å². The number of aryl methyl sites for hydroxylation is 1. The Morgan fingerprint density at radius 1 is 1.12 bits per heavy atom. The molecule has 0 spiro atoms. The minimum atomic E-state index is -0.300. The first-order valence-electron chi connectivity index (χ1n) is 7.42. The highest BCUT2D eigenvalue weighted by Gasteiger charge is 2.26. The van der Waals surface area contributed by atoms with Crippen LogP contribution in [0.3, 0.4) is 0 Å². The smallest absolute Gasteiger partial charge is 0.260 e. The van der Waals surface area contributed by atoms with E-state index in [1.165, 1.54) is 6.33 Å². The molecular formula is C18H11Cl2N3O2. The van der Waals surface area contributed by atoms with Crippen LogP contribution in [0.5, 0.6) is 0 Å². The van der Waals surface area contributed by atoms with Gasteiger partial charge < -0.3 is 9.73 Å². The second kappa shape index (κ2) is 6.02. The molecule has 1 amide bonds. The van der Waals surface area contributed by atoms with Crippen LogP contribution in [-0.2, 0) is 0 Å². The number of aromatic nitrogens is 2. The topological polar surface area (TPSA) is 68.0 Å². The molecule has 0 saturated heterocycles. The van der Waals surface area contributed by atoms with Crippen molar-refractivity contribution in [1.29, 1.82) is 0 Å². The molecule has 0 fully saturated rings. The molecule has 5 nitrogen and oxygen atoms in total. The molecular weight excluding hydrogens is 361 g/mol. The number of halogens is 2. The monoisotopic (exact) mass is 371 g/mol. The van der Waals surface area contributed by atoms with Crippen molar-refractivity contribution in [2.75, 3.05) is 5.32 Å². The maximum absolute atomic E-state index is 12.9. The molecule has 1 N–H and O–H groups in total. The van der Waals surface area contributed by atoms with Crippen molar-refractivity contribution in [3.8, 4) is 11.1 Å². The number of fused-ring (bicyclic) bond motifs is 2. The fraction of sp³-hybridized carbons (Fsp3) is 0.0556. The molecule has 2 bridgehead atoms. The average molecular weight is 372 g/mol. The van der Waals surface area contributed by atoms with Gasteiger partial charge in [0.15, 0.2) is 0 Å². The fourth-order valence-electron chi connectivity index (χ4n) is 2.79. The lowest BCUT2D eigenvalue weighted by Gasteiger charge is -2.08. The van der Waals surface area contributed by atoms with Gasteiger partial charge in [-0.05, 0) is 36.8 Å². The number of furan rings is 2. The summed E-state index contributed by atoms with van der Waals surface area (Å²) in [6.45, 7) is 1.93. The van der Waals surface area contributed by atoms with E-state index in [1.807, 2.05) is 13.0 Å². The van der Waals surface area contributed by atoms with Crippen molar-refractivity contribution in [2.45, 2.75) is 6.92 Å². The van der Waals surface area contributed by atoms with Gasteiger partial charge in [0.25, 0.3) is 5.91 Å². The Morgan fingerprint density at radius 2 is 1.88 bits per heavy atom. The molecule has 3 heterocycles. The lowest BCUT2D eigenvalue weighted by atomic mass is 9.99. The highest BCUT2D eigenvalue weighted by atomic mass is 35.5. The number of nitrogens with zero attached hydrogens (tertiary/aromatic N) is 2. The molecule has 7 heteroatoms. The maximum Gasteiger partial charge on any atom is 0.260 e. The van der Waals surface area contributed by atoms with E-state index in [2.05, 4.69) is 15.3 Å². The first-order valence-corrected chi connectivity index (χ1v) is 8.17. The maximum atomic E-state index is 12.9. The first kappa shape index (κ1) is 15.9. The largest absolute Gasteiger partial charge is 0.456 e. The van der Waals surface area contributed by atoms with Crippen molar-refractivity contribution in [2.24, 2.45) is 0 Å². The van der Waals surface area contributed by atoms with Crippen LogP contribution >= 0.6 is 23.2 Å². The van der Waals surface area contributed by atoms with E-state index in [0.29, 0.717) is 38.0 Å². The zero-order valence-electron chi connectivity index (χ0n) is 13.0. The molecule has 0 aliphatic heterocycles. The highest BCUT2D eigenvalue weighted by molar-refractivity contribution is 6.42. The molecule has 0 radical (unpaired) electrons. The first-order chi connectivity index (χ1) is 12.0. The van der Waals surface area contributed by atoms with Crippen LogP contribution in [0.15, 0.2) is 47.4 Å². The number of carbonyl (C=O) groups excluding carboxylic acids is 1. The molecule has 0 saturated carbocycles. The fourth-order valence-corrected chi connectivity index (χ4v) is 3.08. The predicted octanol–water partition coefficient (Wildman–Crippen LogP) is 5.20. The molecule has 25 heavy (non-hydrogen) atoms. The summed E-state index contributed by atoms with van der Waals surface area (Å²) < 4.78 is 5.77. The molecule has 0 aliphatic rings. The van der Waals surface area contributed by atoms with Gasteiger partial charge in [-0.3, -0.25) is 4.79 Å². The Labute approximate surface area is 152 Å². The van der Waals surface area contributed by atoms with E-state index in [1.54, 1.807) is 30.6 Å². The van der Waals surface area contributed by atoms with Gasteiger partial charge in [-0.1, -0.05) is 23.2 Å². The van der Waals surface area contributed by atoms with Gasteiger partial charge in [-0.25, -0.2) is 9.97 Å². The van der Waals surface area contributed by atoms with Crippen molar-refractivity contribution in [3.63, 3.8) is 0 Å². The number of hydrogen-bond acceptors (Lipinski definition) is 4. The zero-order valence-corrected chi connectivity index (χ0v) is 14.5. The molecule has 3 aromatic heterocycles. The minimum absolute atomic E-state index is 0.300. The summed E-state index contributed by atoms with van der Waals surface area (Å²) in [6, 6.07) is 6.75. The highest BCUT2D eigenvalue weighted by Crippen LogP contribution is 2.39. The number of hydrogen-bond donors (Lipinski definition) is 1. The van der Waals surface area contributed by atoms with Crippen LogP contribution in [-0.4, -0.2) is 15.9 Å². The van der Waals surface area contributed by atoms with Gasteiger partial charge >= 0.3 is 0 Å². The number of carbonyl (C=O) groups is 1. The molecule has 4 rings (SSSR count). The van der Waals surface area contributed by atoms with E-state index in [-0.39, 0.29) is 5.91 Å². The van der Waals surface area contributed by atoms with Crippen LogP contribution in [0.2, 0.25) is 10.0 Å². The molecule has 0 aliphatic carbocycles. The lowest BCUT2D eigenvalue weighted by Crippen LogP contribution is -2.13. The lowest BCUT2D eigenvalue weighted by molar-refractivity contribution is 0.102. The third kappa shape index (κ3) is 2.71. The standard InChI is InChI=1S/C18H11Cl2N3O2/c1-9-4-14-16(15(17(9)25-14)10-6-21-8-22-7-10)18(24)23-11-2-3-12(19)13(20)5-11/h2-8H,1H3,(H,23,24). The SMILES string of the molecule is Cc1cc2oc1c(-c1cncnc1)c2C(=O)Nc1ccc(Cl)c(Cl)c1. The van der Waals surface area contributed by atoms with E-state index >= 15 is 0 Å². The Kier molecular flexibility index (Phi) is 3.82. The van der Waals surface area contributed by atoms with Gasteiger partial charge in [0, 0.05) is 29.2 Å². The molecule has 0 atom stereocenters. The van der Waals surface area contributed by atoms with Gasteiger partial charge in [0.05, 0.1) is 15.6 Å². The summed E-state index contributed by atoms with van der Waals surface area (Å²) in [6.07, 6.45) is 4.74. The Bertz CT molecular complexity index is 1080. The number of rotatable bonds is 3. The van der Waals surface area contributed by atoms with Gasteiger partial charge in [0.1, 0.15) is 17.5 Å². The summed E-state index contributed by atoms with van der Waals surface area (Å²) in [4.78, 5) is 20.9. The normalized spacial score (nSPS) is 11.2. The Balaban J connectivity index is 1.78. The third-order valence-electron chi connectivity index (χ3n) is 3.90. The third-order valence-corrected chi connectivity index (χ3v) is 4.63. The summed E-state index contributed by atoms with van der Waals surface area (Å²) in [5.74, 6) is -0.300. The summed E-state index contributed by atoms with van der Waals surface area (Å²) in [7, 11) is 0. The van der Waals surface area contributed by atoms with E-state index in [0.717, 1.165) is 11.1 Å². The van der Waals surface area contributed by atoms with Gasteiger partial charge in [-0.15, -0.1) is 0 Å². The van der Waals surface area contributed by atoms with Crippen molar-refractivity contribution in [1.82, 2.24) is 9.97 Å². The van der Waals surface area contributed by atoms with E-state index < -0.39 is 0 Å². The van der Waals surface area contributed by atoms with Crippen LogP contribution in [0.1, 0.15) is 15.9 Å². The van der Waals surface area contributed by atoms with Gasteiger partial charge in [-0.2, -0.15) is 0 Å². The van der Waals surface area contributed by atoms with Crippen molar-refractivity contribution < 1.29 is 9.21 Å². The van der Waals surface area contributed by atoms with Crippen LogP contribution in [0.25, 0.3) is 22.3 Å². The molecule has 0 unspecified atom stereocenters. The summed E-state index contributed by atoms with van der Waals surface area (Å²) in [5.41, 5.74) is 4.53. The van der Waals surface area contributed by atoms with Gasteiger partial charge in [0.2, 0.25) is 0 Å². The van der Waals surface area contributed by atoms with E-state index in [9.17, 15) is 4.79 Å². The summed E-state index contributed by atoms with van der Waals surface area (Å²) in [5, 5.41) is 3.62. The molecule has 124 valence electrons. The van der Waals surface area contributed by atoms with Crippen LogP contribution < -0.4 is 5.32 Å². The summed E-state index contributed by atoms with van der Waals surface area (Å²) >= 11 is 11.9. The molecule has 4 aromatic rings. The quantitative estimate of drug-likeness (QED) is 0.537. The average Bonchev–Trinajstić information content (AvgIpc) is 3.16. The number of amides is 1. The van der Waals surface area contributed by atoms with Crippen LogP contribution in [0, 0.1) is 6.92 Å². The van der Waals surface area contributed by atoms with E-state index in [4.69, 9.17) is 27.6 Å².